The van der Waals surface area contributed by atoms with Gasteiger partial charge in [-0.2, -0.15) is 11.8 Å². The summed E-state index contributed by atoms with van der Waals surface area (Å²) >= 11 is 2.00. The van der Waals surface area contributed by atoms with Gasteiger partial charge in [-0.25, -0.2) is 0 Å². The van der Waals surface area contributed by atoms with Crippen LogP contribution in [0.5, 0.6) is 0 Å². The van der Waals surface area contributed by atoms with E-state index in [1.165, 1.54) is 70.6 Å². The maximum atomic E-state index is 2.35. The zero-order valence-electron chi connectivity index (χ0n) is 11.8. The highest BCUT2D eigenvalue weighted by Crippen LogP contribution is 2.16. The van der Waals surface area contributed by atoms with E-state index in [9.17, 15) is 0 Å². The fraction of sp³-hybridized carbons (Fsp3) is 1.00. The Balaban J connectivity index is 2.93. The monoisotopic (exact) mass is 244 g/mol. The van der Waals surface area contributed by atoms with Gasteiger partial charge in [0.15, 0.2) is 0 Å². The van der Waals surface area contributed by atoms with Crippen molar-refractivity contribution in [3.05, 3.63) is 0 Å². The molecule has 0 aliphatic rings. The molecule has 0 N–H and O–H groups in total. The average molecular weight is 244 g/mol. The van der Waals surface area contributed by atoms with Crippen molar-refractivity contribution in [2.75, 3.05) is 6.26 Å². The fourth-order valence-corrected chi connectivity index (χ4v) is 2.44. The Hall–Kier alpha value is 0.350. The molecule has 0 heterocycles. The Morgan fingerprint density at radius 2 is 1.19 bits per heavy atom. The summed E-state index contributed by atoms with van der Waals surface area (Å²) < 4.78 is 0. The molecule has 0 spiro atoms. The molecule has 0 aromatic rings. The maximum Gasteiger partial charge on any atom is 0.00159 e. The summed E-state index contributed by atoms with van der Waals surface area (Å²) in [6.07, 6.45) is 18.2. The van der Waals surface area contributed by atoms with Crippen LogP contribution in [0.4, 0.5) is 0 Å². The van der Waals surface area contributed by atoms with Gasteiger partial charge in [0.05, 0.1) is 0 Å². The summed E-state index contributed by atoms with van der Waals surface area (Å²) in [5.74, 6) is 0. The van der Waals surface area contributed by atoms with Gasteiger partial charge in [-0.3, -0.25) is 0 Å². The van der Waals surface area contributed by atoms with Crippen LogP contribution in [0.2, 0.25) is 0 Å². The van der Waals surface area contributed by atoms with Crippen molar-refractivity contribution >= 4 is 11.8 Å². The Bertz CT molecular complexity index is 123. The second-order valence-electron chi connectivity index (χ2n) is 5.02. The van der Waals surface area contributed by atoms with Gasteiger partial charge in [-0.05, 0) is 12.7 Å². The highest BCUT2D eigenvalue weighted by atomic mass is 32.2. The number of hydrogen-bond acceptors (Lipinski definition) is 1. The van der Waals surface area contributed by atoms with E-state index in [-0.39, 0.29) is 0 Å². The zero-order valence-corrected chi connectivity index (χ0v) is 12.6. The lowest BCUT2D eigenvalue weighted by Gasteiger charge is -2.07. The van der Waals surface area contributed by atoms with Gasteiger partial charge in [0, 0.05) is 5.25 Å². The largest absolute Gasteiger partial charge is 0.162 e. The molecule has 1 heteroatoms. The van der Waals surface area contributed by atoms with Gasteiger partial charge in [0.2, 0.25) is 0 Å². The minimum absolute atomic E-state index is 0.869. The van der Waals surface area contributed by atoms with Crippen LogP contribution in [0.15, 0.2) is 0 Å². The molecule has 0 fully saturated rings. The summed E-state index contributed by atoms with van der Waals surface area (Å²) in [7, 11) is 0. The number of unbranched alkanes of at least 4 members (excludes halogenated alkanes) is 9. The van der Waals surface area contributed by atoms with Crippen LogP contribution in [0.1, 0.15) is 84.5 Å². The van der Waals surface area contributed by atoms with E-state index in [4.69, 9.17) is 0 Å². The average Bonchev–Trinajstić information content (AvgIpc) is 2.31. The molecule has 0 saturated carbocycles. The topological polar surface area (TPSA) is 0 Å². The van der Waals surface area contributed by atoms with Gasteiger partial charge in [-0.1, -0.05) is 78.1 Å². The predicted molar refractivity (Wildman–Crippen MR) is 79.4 cm³/mol. The molecule has 0 aliphatic carbocycles. The first kappa shape index (κ1) is 16.4. The van der Waals surface area contributed by atoms with Gasteiger partial charge in [-0.15, -0.1) is 0 Å². The number of rotatable bonds is 12. The van der Waals surface area contributed by atoms with Gasteiger partial charge in [0.25, 0.3) is 0 Å². The van der Waals surface area contributed by atoms with Crippen molar-refractivity contribution in [1.29, 1.82) is 0 Å². The van der Waals surface area contributed by atoms with Crippen LogP contribution in [-0.2, 0) is 0 Å². The third-order valence-electron chi connectivity index (χ3n) is 3.37. The molecule has 0 aliphatic heterocycles. The molecule has 0 saturated heterocycles. The van der Waals surface area contributed by atoms with Crippen molar-refractivity contribution < 1.29 is 0 Å². The minimum Gasteiger partial charge on any atom is -0.162 e. The Labute approximate surface area is 108 Å². The summed E-state index contributed by atoms with van der Waals surface area (Å²) in [5, 5.41) is 0.869. The molecule has 1 unspecified atom stereocenters. The normalized spacial score (nSPS) is 12.9. The van der Waals surface area contributed by atoms with Crippen molar-refractivity contribution in [3.63, 3.8) is 0 Å². The Kier molecular flexibility index (Phi) is 13.7. The lowest BCUT2D eigenvalue weighted by atomic mass is 10.1. The van der Waals surface area contributed by atoms with Gasteiger partial charge in [0.1, 0.15) is 0 Å². The van der Waals surface area contributed by atoms with Crippen molar-refractivity contribution in [2.24, 2.45) is 0 Å². The number of hydrogen-bond donors (Lipinski definition) is 0. The van der Waals surface area contributed by atoms with Crippen LogP contribution in [0.25, 0.3) is 0 Å². The molecular weight excluding hydrogens is 212 g/mol. The maximum absolute atomic E-state index is 2.35. The van der Waals surface area contributed by atoms with Crippen molar-refractivity contribution in [3.8, 4) is 0 Å². The van der Waals surface area contributed by atoms with Crippen LogP contribution in [0, 0.1) is 0 Å². The second-order valence-corrected chi connectivity index (χ2v) is 6.29. The Morgan fingerprint density at radius 1 is 0.750 bits per heavy atom. The lowest BCUT2D eigenvalue weighted by Crippen LogP contribution is -1.94. The first-order chi connectivity index (χ1) is 7.81. The fourth-order valence-electron chi connectivity index (χ4n) is 2.04. The zero-order chi connectivity index (χ0) is 12.1. The highest BCUT2D eigenvalue weighted by molar-refractivity contribution is 7.99. The molecule has 1 atom stereocenters. The third kappa shape index (κ3) is 12.4. The van der Waals surface area contributed by atoms with Crippen LogP contribution < -0.4 is 0 Å². The van der Waals surface area contributed by atoms with Crippen molar-refractivity contribution in [1.82, 2.24) is 0 Å². The standard InChI is InChI=1S/C15H32S/c1-4-5-6-7-8-9-10-11-12-13-14-15(2)16-3/h15H,4-14H2,1-3H3. The van der Waals surface area contributed by atoms with Crippen LogP contribution in [-0.4, -0.2) is 11.5 Å². The summed E-state index contributed by atoms with van der Waals surface area (Å²) in [6.45, 7) is 4.63. The van der Waals surface area contributed by atoms with Gasteiger partial charge < -0.3 is 0 Å². The lowest BCUT2D eigenvalue weighted by molar-refractivity contribution is 0.549. The van der Waals surface area contributed by atoms with Crippen LogP contribution >= 0.6 is 11.8 Å². The second kappa shape index (κ2) is 13.4. The first-order valence-corrected chi connectivity index (χ1v) is 8.62. The quantitative estimate of drug-likeness (QED) is 0.377. The van der Waals surface area contributed by atoms with E-state index in [0.29, 0.717) is 0 Å². The molecule has 0 radical (unpaired) electrons. The highest BCUT2D eigenvalue weighted by Gasteiger charge is 1.98. The molecule has 0 aromatic heterocycles. The van der Waals surface area contributed by atoms with E-state index in [1.54, 1.807) is 0 Å². The summed E-state index contributed by atoms with van der Waals surface area (Å²) in [6, 6.07) is 0. The molecule has 0 bridgehead atoms. The molecule has 0 amide bonds. The van der Waals surface area contributed by atoms with E-state index in [0.717, 1.165) is 5.25 Å². The summed E-state index contributed by atoms with van der Waals surface area (Å²) in [5.41, 5.74) is 0. The molecule has 0 nitrogen and oxygen atoms in total. The van der Waals surface area contributed by atoms with Crippen LogP contribution in [0.3, 0.4) is 0 Å². The van der Waals surface area contributed by atoms with Gasteiger partial charge >= 0.3 is 0 Å². The van der Waals surface area contributed by atoms with E-state index in [1.807, 2.05) is 11.8 Å². The first-order valence-electron chi connectivity index (χ1n) is 7.34. The van der Waals surface area contributed by atoms with E-state index < -0.39 is 0 Å². The van der Waals surface area contributed by atoms with E-state index >= 15 is 0 Å². The molecule has 98 valence electrons. The van der Waals surface area contributed by atoms with E-state index in [2.05, 4.69) is 20.1 Å². The molecule has 0 aromatic carbocycles. The molecular formula is C15H32S. The Morgan fingerprint density at radius 3 is 1.62 bits per heavy atom. The molecule has 0 rings (SSSR count). The summed E-state index contributed by atoms with van der Waals surface area (Å²) in [4.78, 5) is 0. The number of thioether (sulfide) groups is 1. The minimum atomic E-state index is 0.869. The smallest absolute Gasteiger partial charge is 0.00159 e. The third-order valence-corrected chi connectivity index (χ3v) is 4.41. The molecule has 16 heavy (non-hydrogen) atoms. The van der Waals surface area contributed by atoms with Crippen molar-refractivity contribution in [2.45, 2.75) is 89.7 Å². The SMILES string of the molecule is CCCCCCCCCCCCC(C)SC. The predicted octanol–water partition coefficient (Wildman–Crippen LogP) is 6.05.